The maximum Gasteiger partial charge on any atom is 0.333 e. The number of halogens is 3. The maximum atomic E-state index is 13.6. The molecule has 0 saturated carbocycles. The molecule has 2 aliphatic heterocycles. The van der Waals surface area contributed by atoms with E-state index in [1.54, 1.807) is 18.0 Å². The first-order valence-electron chi connectivity index (χ1n) is 14.0. The lowest BCUT2D eigenvalue weighted by Crippen LogP contribution is -2.50. The lowest BCUT2D eigenvalue weighted by molar-refractivity contribution is -0.0143. The minimum Gasteiger partial charge on any atom is -0.492 e. The van der Waals surface area contributed by atoms with Crippen LogP contribution in [0.3, 0.4) is 0 Å². The van der Waals surface area contributed by atoms with Gasteiger partial charge in [0.05, 0.1) is 35.7 Å². The number of urea groups is 1. The second-order valence-electron chi connectivity index (χ2n) is 10.4. The predicted octanol–water partition coefficient (Wildman–Crippen LogP) is 3.26. The lowest BCUT2D eigenvalue weighted by Gasteiger charge is -2.35. The average molecular weight is 671 g/mol. The molecule has 2 fully saturated rings. The minimum atomic E-state index is -0.405. The van der Waals surface area contributed by atoms with Gasteiger partial charge in [-0.15, -0.1) is 37.2 Å². The number of nitrogens with one attached hydrogen (secondary N) is 3. The number of amides is 2. The highest BCUT2D eigenvalue weighted by molar-refractivity contribution is 6.26. The van der Waals surface area contributed by atoms with E-state index in [9.17, 15) is 14.7 Å². The Morgan fingerprint density at radius 2 is 1.73 bits per heavy atom. The zero-order chi connectivity index (χ0) is 28.3. The van der Waals surface area contributed by atoms with Crippen LogP contribution in [0.2, 0.25) is 0 Å². The molecule has 6 rings (SSSR count). The van der Waals surface area contributed by atoms with Crippen molar-refractivity contribution < 1.29 is 24.2 Å². The number of benzene rings is 2. The number of aliphatic hydroxyl groups is 1. The first kappa shape index (κ1) is 35.5. The van der Waals surface area contributed by atoms with E-state index >= 15 is 0 Å². The van der Waals surface area contributed by atoms with Crippen LogP contribution in [0.4, 0.5) is 10.5 Å². The largest absolute Gasteiger partial charge is 0.492 e. The van der Waals surface area contributed by atoms with E-state index in [0.717, 1.165) is 44.0 Å². The minimum absolute atomic E-state index is 0. The normalized spacial score (nSPS) is 17.3. The molecule has 2 aromatic carbocycles. The van der Waals surface area contributed by atoms with E-state index in [-0.39, 0.29) is 43.0 Å². The van der Waals surface area contributed by atoms with Crippen LogP contribution >= 0.6 is 37.2 Å². The number of morpholine rings is 1. The second kappa shape index (κ2) is 15.9. The number of nitrogens with zero attached hydrogens (tertiary/aromatic N) is 4. The van der Waals surface area contributed by atoms with Crippen LogP contribution in [0.25, 0.3) is 22.5 Å². The quantitative estimate of drug-likeness (QED) is 0.223. The number of H-pyrrole nitrogens is 1. The van der Waals surface area contributed by atoms with Crippen molar-refractivity contribution in [1.82, 2.24) is 30.4 Å². The molecule has 15 heteroatoms. The van der Waals surface area contributed by atoms with Crippen molar-refractivity contribution in [2.75, 3.05) is 71.0 Å². The molecule has 3 aliphatic rings. The van der Waals surface area contributed by atoms with Crippen LogP contribution in [0, 0.1) is 0 Å². The van der Waals surface area contributed by atoms with Gasteiger partial charge in [-0.2, -0.15) is 5.10 Å². The highest BCUT2D eigenvalue weighted by Gasteiger charge is 2.35. The van der Waals surface area contributed by atoms with Crippen LogP contribution < -0.4 is 15.5 Å². The fraction of sp³-hybridized carbons (Fsp3) is 0.414. The van der Waals surface area contributed by atoms with Gasteiger partial charge in [0, 0.05) is 56.9 Å². The Bertz CT molecular complexity index is 1410. The number of aromatic nitrogens is 2. The highest BCUT2D eigenvalue weighted by atomic mass is 35.5. The summed E-state index contributed by atoms with van der Waals surface area (Å²) in [5.41, 5.74) is 6.92. The number of carbonyl (C=O) groups is 2. The van der Waals surface area contributed by atoms with Gasteiger partial charge in [-0.05, 0) is 37.3 Å². The van der Waals surface area contributed by atoms with Gasteiger partial charge in [0.1, 0.15) is 24.3 Å². The van der Waals surface area contributed by atoms with Crippen LogP contribution in [0.1, 0.15) is 22.8 Å². The zero-order valence-corrected chi connectivity index (χ0v) is 26.7. The number of rotatable bonds is 8. The summed E-state index contributed by atoms with van der Waals surface area (Å²) in [7, 11) is 0. The van der Waals surface area contributed by atoms with Crippen molar-refractivity contribution in [3.8, 4) is 28.3 Å². The molecule has 1 aromatic heterocycles. The standard InChI is InChI=1S/C29H35N7O5.3ClH/c1-19(37)35-11-9-34(10-12-35)13-18-41-21-7-5-20(6-8-21)26-25-27(32-31-26)22-3-2-4-23(24(22)28(25)38)30-29(39)33-36-14-16-40-17-15-36;;;/h2-8,19,37H,9-18H2,1H3,(H,31,32)(H2,30,33,39);3*1H. The van der Waals surface area contributed by atoms with Crippen molar-refractivity contribution in [2.45, 2.75) is 13.2 Å². The summed E-state index contributed by atoms with van der Waals surface area (Å²) in [6, 6.07) is 12.6. The fourth-order valence-corrected chi connectivity index (χ4v) is 5.53. The molecule has 1 atom stereocenters. The van der Waals surface area contributed by atoms with E-state index in [2.05, 4.69) is 30.7 Å². The molecule has 2 saturated heterocycles. The maximum absolute atomic E-state index is 13.6. The van der Waals surface area contributed by atoms with Gasteiger partial charge < -0.3 is 19.9 Å². The van der Waals surface area contributed by atoms with Crippen molar-refractivity contribution in [3.05, 3.63) is 53.6 Å². The topological polar surface area (TPSA) is 135 Å². The van der Waals surface area contributed by atoms with Crippen LogP contribution in [0.5, 0.6) is 5.75 Å². The zero-order valence-electron chi connectivity index (χ0n) is 24.3. The molecule has 12 nitrogen and oxygen atoms in total. The van der Waals surface area contributed by atoms with Gasteiger partial charge in [0.15, 0.2) is 5.78 Å². The predicted molar refractivity (Wildman–Crippen MR) is 174 cm³/mol. The van der Waals surface area contributed by atoms with Gasteiger partial charge in [-0.3, -0.25) is 25.1 Å². The molecule has 3 heterocycles. The van der Waals surface area contributed by atoms with Gasteiger partial charge in [-0.1, -0.05) is 12.1 Å². The van der Waals surface area contributed by atoms with E-state index in [4.69, 9.17) is 9.47 Å². The Hall–Kier alpha value is -2.94. The Labute approximate surface area is 274 Å². The van der Waals surface area contributed by atoms with Crippen LogP contribution in [-0.2, 0) is 4.74 Å². The van der Waals surface area contributed by atoms with Gasteiger partial charge >= 0.3 is 6.03 Å². The molecule has 4 N–H and O–H groups in total. The number of hydrazine groups is 1. The summed E-state index contributed by atoms with van der Waals surface area (Å²) in [6.45, 7) is 9.01. The summed E-state index contributed by atoms with van der Waals surface area (Å²) in [5, 5.41) is 21.9. The van der Waals surface area contributed by atoms with Crippen molar-refractivity contribution in [1.29, 1.82) is 0 Å². The molecule has 240 valence electrons. The van der Waals surface area contributed by atoms with Gasteiger partial charge in [0.25, 0.3) is 0 Å². The number of aliphatic hydroxyl groups excluding tert-OH is 1. The Morgan fingerprint density at radius 3 is 2.41 bits per heavy atom. The summed E-state index contributed by atoms with van der Waals surface area (Å²) in [5.74, 6) is 0.563. The molecule has 2 amide bonds. The highest BCUT2D eigenvalue weighted by Crippen LogP contribution is 2.43. The first-order valence-corrected chi connectivity index (χ1v) is 14.0. The van der Waals surface area contributed by atoms with Gasteiger partial charge in [0.2, 0.25) is 0 Å². The number of fused-ring (bicyclic) bond motifs is 3. The number of ketones is 1. The van der Waals surface area contributed by atoms with Crippen molar-refractivity contribution in [3.63, 3.8) is 0 Å². The lowest BCUT2D eigenvalue weighted by atomic mass is 10.0. The van der Waals surface area contributed by atoms with Crippen molar-refractivity contribution >= 4 is 54.7 Å². The Morgan fingerprint density at radius 1 is 1.02 bits per heavy atom. The average Bonchev–Trinajstić information content (AvgIpc) is 3.54. The van der Waals surface area contributed by atoms with E-state index in [0.29, 0.717) is 66.7 Å². The van der Waals surface area contributed by atoms with Crippen LogP contribution in [0.15, 0.2) is 42.5 Å². The third-order valence-electron chi connectivity index (χ3n) is 7.81. The smallest absolute Gasteiger partial charge is 0.333 e. The molecular weight excluding hydrogens is 633 g/mol. The number of hydrogen-bond acceptors (Lipinski definition) is 9. The monoisotopic (exact) mass is 669 g/mol. The SMILES string of the molecule is CC(O)N1CCN(CCOc2ccc(-c3n[nH]c4c3C(=O)c3c(NC(=O)NN5CCOCC5)cccc3-4)cc2)CC1.Cl.Cl.Cl. The number of carbonyl (C=O) groups excluding carboxylic acids is 2. The van der Waals surface area contributed by atoms with E-state index < -0.39 is 12.3 Å². The molecule has 1 aliphatic carbocycles. The number of piperazine rings is 1. The molecule has 1 unspecified atom stereocenters. The number of anilines is 1. The van der Waals surface area contributed by atoms with E-state index in [1.165, 1.54) is 0 Å². The number of hydrogen-bond donors (Lipinski definition) is 4. The molecule has 0 radical (unpaired) electrons. The first-order chi connectivity index (χ1) is 20.0. The van der Waals surface area contributed by atoms with Crippen LogP contribution in [-0.4, -0.2) is 114 Å². The fourth-order valence-electron chi connectivity index (χ4n) is 5.53. The Kier molecular flexibility index (Phi) is 12.8. The molecule has 3 aromatic rings. The summed E-state index contributed by atoms with van der Waals surface area (Å²) >= 11 is 0. The summed E-state index contributed by atoms with van der Waals surface area (Å²) < 4.78 is 11.3. The van der Waals surface area contributed by atoms with Crippen molar-refractivity contribution in [2.24, 2.45) is 0 Å². The third-order valence-corrected chi connectivity index (χ3v) is 7.81. The molecular formula is C29H38Cl3N7O5. The third kappa shape index (κ3) is 7.64. The van der Waals surface area contributed by atoms with Gasteiger partial charge in [-0.25, -0.2) is 9.80 Å². The Balaban J connectivity index is 0.00000176. The summed E-state index contributed by atoms with van der Waals surface area (Å²) in [6.07, 6.45) is -0.405. The second-order valence-corrected chi connectivity index (χ2v) is 10.4. The number of aromatic amines is 1. The number of ether oxygens (including phenoxy) is 2. The molecule has 0 spiro atoms. The summed E-state index contributed by atoms with van der Waals surface area (Å²) in [4.78, 5) is 30.7. The van der Waals surface area contributed by atoms with E-state index in [1.807, 2.05) is 36.4 Å². The molecule has 0 bridgehead atoms. The molecule has 44 heavy (non-hydrogen) atoms.